The smallest absolute Gasteiger partial charge is 0.302 e. The van der Waals surface area contributed by atoms with Crippen molar-refractivity contribution in [2.24, 2.45) is 0 Å². The van der Waals surface area contributed by atoms with E-state index in [1.807, 2.05) is 11.8 Å². The lowest BCUT2D eigenvalue weighted by molar-refractivity contribution is -0.140. The number of hydrogen-bond donors (Lipinski definition) is 0. The van der Waals surface area contributed by atoms with Gasteiger partial charge in [-0.15, -0.1) is 0 Å². The van der Waals surface area contributed by atoms with Crippen LogP contribution in [0.5, 0.6) is 0 Å². The molecule has 0 N–H and O–H groups in total. The van der Waals surface area contributed by atoms with Gasteiger partial charge in [0.05, 0.1) is 0 Å². The van der Waals surface area contributed by atoms with E-state index in [4.69, 9.17) is 4.74 Å². The van der Waals surface area contributed by atoms with Gasteiger partial charge in [-0.2, -0.15) is 11.8 Å². The number of thioether (sulfide) groups is 1. The van der Waals surface area contributed by atoms with Crippen molar-refractivity contribution in [1.82, 2.24) is 0 Å². The number of rotatable bonds is 4. The van der Waals surface area contributed by atoms with Crippen molar-refractivity contribution in [3.05, 3.63) is 0 Å². The largest absolute Gasteiger partial charge is 0.465 e. The maximum absolute atomic E-state index is 10.5. The van der Waals surface area contributed by atoms with Crippen molar-refractivity contribution in [2.75, 3.05) is 12.4 Å². The van der Waals surface area contributed by atoms with Crippen LogP contribution in [0.25, 0.3) is 0 Å². The molecule has 0 bridgehead atoms. The van der Waals surface area contributed by atoms with Crippen LogP contribution in [0.3, 0.4) is 0 Å². The van der Waals surface area contributed by atoms with Crippen LogP contribution in [0.4, 0.5) is 0 Å². The summed E-state index contributed by atoms with van der Waals surface area (Å²) in [6.45, 7) is 2.04. The molecular formula is C10H18O2S. The Bertz CT molecular complexity index is 153. The molecule has 0 aliphatic heterocycles. The Hall–Kier alpha value is -0.180. The van der Waals surface area contributed by atoms with E-state index in [1.54, 1.807) is 0 Å². The zero-order chi connectivity index (χ0) is 9.52. The number of ether oxygens (including phenoxy) is 1. The van der Waals surface area contributed by atoms with Crippen LogP contribution in [0.2, 0.25) is 0 Å². The quantitative estimate of drug-likeness (QED) is 0.518. The predicted octanol–water partition coefficient (Wildman–Crippen LogP) is 2.62. The first-order valence-corrected chi connectivity index (χ1v) is 6.09. The van der Waals surface area contributed by atoms with Gasteiger partial charge in [-0.25, -0.2) is 0 Å². The van der Waals surface area contributed by atoms with E-state index in [1.165, 1.54) is 39.0 Å². The average molecular weight is 202 g/mol. The first-order chi connectivity index (χ1) is 6.29. The van der Waals surface area contributed by atoms with E-state index in [-0.39, 0.29) is 5.97 Å². The molecule has 0 heterocycles. The molecule has 0 saturated heterocycles. The summed E-state index contributed by atoms with van der Waals surface area (Å²) in [6.07, 6.45) is 6.87. The van der Waals surface area contributed by atoms with Gasteiger partial charge >= 0.3 is 5.97 Å². The van der Waals surface area contributed by atoms with Gasteiger partial charge in [0, 0.05) is 17.9 Å². The van der Waals surface area contributed by atoms with Crippen molar-refractivity contribution in [2.45, 2.75) is 44.3 Å². The molecule has 0 atom stereocenters. The zero-order valence-electron chi connectivity index (χ0n) is 8.25. The van der Waals surface area contributed by atoms with Gasteiger partial charge in [0.25, 0.3) is 0 Å². The van der Waals surface area contributed by atoms with Gasteiger partial charge in [-0.3, -0.25) is 4.79 Å². The Morgan fingerprint density at radius 1 is 1.38 bits per heavy atom. The molecule has 13 heavy (non-hydrogen) atoms. The molecule has 0 aromatic rings. The highest BCUT2D eigenvalue weighted by atomic mass is 32.2. The second-order valence-corrected chi connectivity index (χ2v) is 4.88. The Kier molecular flexibility index (Phi) is 5.28. The molecule has 1 rings (SSSR count). The van der Waals surface area contributed by atoms with Crippen LogP contribution in [0, 0.1) is 0 Å². The Balaban J connectivity index is 1.95. The number of carbonyl (C=O) groups is 1. The topological polar surface area (TPSA) is 26.3 Å². The minimum atomic E-state index is -0.163. The van der Waals surface area contributed by atoms with Gasteiger partial charge in [-0.1, -0.05) is 19.3 Å². The summed E-state index contributed by atoms with van der Waals surface area (Å²) < 4.78 is 4.87. The maximum Gasteiger partial charge on any atom is 0.302 e. The third-order valence-corrected chi connectivity index (χ3v) is 3.64. The van der Waals surface area contributed by atoms with Gasteiger partial charge < -0.3 is 4.74 Å². The molecule has 0 amide bonds. The molecule has 1 aliphatic rings. The molecule has 0 unspecified atom stereocenters. The molecular weight excluding hydrogens is 184 g/mol. The van der Waals surface area contributed by atoms with E-state index in [2.05, 4.69) is 0 Å². The second kappa shape index (κ2) is 6.30. The fourth-order valence-electron chi connectivity index (χ4n) is 1.63. The van der Waals surface area contributed by atoms with Crippen LogP contribution >= 0.6 is 11.8 Å². The molecule has 0 aromatic carbocycles. The van der Waals surface area contributed by atoms with Crippen LogP contribution in [-0.4, -0.2) is 23.6 Å². The van der Waals surface area contributed by atoms with E-state index in [0.29, 0.717) is 6.61 Å². The number of hydrogen-bond acceptors (Lipinski definition) is 3. The van der Waals surface area contributed by atoms with E-state index in [9.17, 15) is 4.79 Å². The molecule has 1 aliphatic carbocycles. The van der Waals surface area contributed by atoms with E-state index < -0.39 is 0 Å². The van der Waals surface area contributed by atoms with Crippen LogP contribution < -0.4 is 0 Å². The molecule has 76 valence electrons. The van der Waals surface area contributed by atoms with Crippen molar-refractivity contribution in [3.63, 3.8) is 0 Å². The van der Waals surface area contributed by atoms with Crippen molar-refractivity contribution >= 4 is 17.7 Å². The summed E-state index contributed by atoms with van der Waals surface area (Å²) in [5.74, 6) is 0.800. The molecule has 0 spiro atoms. The summed E-state index contributed by atoms with van der Waals surface area (Å²) in [6, 6.07) is 0. The van der Waals surface area contributed by atoms with Crippen LogP contribution in [0.1, 0.15) is 39.0 Å². The molecule has 1 saturated carbocycles. The molecule has 2 nitrogen and oxygen atoms in total. The fourth-order valence-corrected chi connectivity index (χ4v) is 2.81. The lowest BCUT2D eigenvalue weighted by Gasteiger charge is -2.20. The fraction of sp³-hybridized carbons (Fsp3) is 0.900. The maximum atomic E-state index is 10.5. The summed E-state index contributed by atoms with van der Waals surface area (Å²) >= 11 is 1.96. The second-order valence-electron chi connectivity index (χ2n) is 3.47. The van der Waals surface area contributed by atoms with E-state index >= 15 is 0 Å². The monoisotopic (exact) mass is 202 g/mol. The van der Waals surface area contributed by atoms with Crippen molar-refractivity contribution < 1.29 is 9.53 Å². The average Bonchev–Trinajstić information content (AvgIpc) is 2.14. The lowest BCUT2D eigenvalue weighted by atomic mass is 10.0. The van der Waals surface area contributed by atoms with Gasteiger partial charge in [-0.05, 0) is 12.8 Å². The van der Waals surface area contributed by atoms with Gasteiger partial charge in [0.1, 0.15) is 6.61 Å². The van der Waals surface area contributed by atoms with Crippen molar-refractivity contribution in [3.8, 4) is 0 Å². The molecule has 3 heteroatoms. The SMILES string of the molecule is CC(=O)OCCSC1CCCCC1. The van der Waals surface area contributed by atoms with Gasteiger partial charge in [0.15, 0.2) is 0 Å². The standard InChI is InChI=1S/C10H18O2S/c1-9(11)12-7-8-13-10-5-3-2-4-6-10/h10H,2-8H2,1H3. The first-order valence-electron chi connectivity index (χ1n) is 5.04. The predicted molar refractivity (Wildman–Crippen MR) is 56.0 cm³/mol. The van der Waals surface area contributed by atoms with Crippen LogP contribution in [-0.2, 0) is 9.53 Å². The Labute approximate surface area is 84.4 Å². The zero-order valence-corrected chi connectivity index (χ0v) is 9.07. The summed E-state index contributed by atoms with van der Waals surface area (Å²) in [4.78, 5) is 10.5. The summed E-state index contributed by atoms with van der Waals surface area (Å²) in [7, 11) is 0. The highest BCUT2D eigenvalue weighted by Crippen LogP contribution is 2.27. The highest BCUT2D eigenvalue weighted by molar-refractivity contribution is 7.99. The molecule has 0 radical (unpaired) electrons. The minimum absolute atomic E-state index is 0.163. The normalized spacial score (nSPS) is 18.5. The minimum Gasteiger partial charge on any atom is -0.465 e. The summed E-state index contributed by atoms with van der Waals surface area (Å²) in [5.41, 5.74) is 0. The summed E-state index contributed by atoms with van der Waals surface area (Å²) in [5, 5.41) is 0.823. The van der Waals surface area contributed by atoms with E-state index in [0.717, 1.165) is 11.0 Å². The Morgan fingerprint density at radius 2 is 2.08 bits per heavy atom. The van der Waals surface area contributed by atoms with Crippen molar-refractivity contribution in [1.29, 1.82) is 0 Å². The third kappa shape index (κ3) is 5.19. The van der Waals surface area contributed by atoms with Gasteiger partial charge in [0.2, 0.25) is 0 Å². The Morgan fingerprint density at radius 3 is 2.69 bits per heavy atom. The number of carbonyl (C=O) groups excluding carboxylic acids is 1. The highest BCUT2D eigenvalue weighted by Gasteiger charge is 2.13. The molecule has 1 fully saturated rings. The number of esters is 1. The first kappa shape index (κ1) is 10.9. The van der Waals surface area contributed by atoms with Crippen LogP contribution in [0.15, 0.2) is 0 Å². The molecule has 0 aromatic heterocycles. The lowest BCUT2D eigenvalue weighted by Crippen LogP contribution is -2.11. The third-order valence-electron chi connectivity index (χ3n) is 2.29.